The highest BCUT2D eigenvalue weighted by Crippen LogP contribution is 2.31. The molecule has 0 aliphatic carbocycles. The van der Waals surface area contributed by atoms with E-state index in [1.165, 1.54) is 0 Å². The summed E-state index contributed by atoms with van der Waals surface area (Å²) < 4.78 is 0. The Kier molecular flexibility index (Phi) is 4.21. The quantitative estimate of drug-likeness (QED) is 0.801. The highest BCUT2D eigenvalue weighted by atomic mass is 35.5. The van der Waals surface area contributed by atoms with Gasteiger partial charge in [0.2, 0.25) is 0 Å². The Morgan fingerprint density at radius 3 is 2.67 bits per heavy atom. The average Bonchev–Trinajstić information content (AvgIpc) is 2.25. The number of aliphatic hydroxyl groups is 1. The molecule has 1 nitrogen and oxygen atoms in total. The molecule has 1 aromatic carbocycles. The lowest BCUT2D eigenvalue weighted by Crippen LogP contribution is -2.21. The molecule has 1 unspecified atom stereocenters. The van der Waals surface area contributed by atoms with Crippen molar-refractivity contribution in [2.45, 2.75) is 13.3 Å². The summed E-state index contributed by atoms with van der Waals surface area (Å²) in [6.07, 6.45) is 2.37. The van der Waals surface area contributed by atoms with Crippen molar-refractivity contribution in [1.82, 2.24) is 0 Å². The molecule has 0 bridgehead atoms. The molecular weight excluding hydrogens is 231 g/mol. The number of halogens is 2. The number of benzene rings is 1. The van der Waals surface area contributed by atoms with E-state index in [-0.39, 0.29) is 12.0 Å². The third kappa shape index (κ3) is 2.97. The minimum atomic E-state index is -0.353. The van der Waals surface area contributed by atoms with E-state index in [4.69, 9.17) is 23.2 Å². The molecule has 1 atom stereocenters. The monoisotopic (exact) mass is 244 g/mol. The van der Waals surface area contributed by atoms with Crippen molar-refractivity contribution in [2.75, 3.05) is 6.61 Å². The summed E-state index contributed by atoms with van der Waals surface area (Å²) in [5.41, 5.74) is 0.578. The molecule has 82 valence electrons. The summed E-state index contributed by atoms with van der Waals surface area (Å²) in [6, 6.07) is 5.51. The van der Waals surface area contributed by atoms with Crippen LogP contribution in [0.1, 0.15) is 12.5 Å². The van der Waals surface area contributed by atoms with E-state index in [1.54, 1.807) is 12.1 Å². The van der Waals surface area contributed by atoms with Crippen LogP contribution in [-0.4, -0.2) is 11.7 Å². The maximum Gasteiger partial charge on any atom is 0.0624 e. The summed E-state index contributed by atoms with van der Waals surface area (Å²) >= 11 is 12.0. The molecule has 0 amide bonds. The Labute approximate surface area is 100 Å². The second-order valence-electron chi connectivity index (χ2n) is 3.91. The minimum absolute atomic E-state index is 0.0410. The SMILES string of the molecule is C=CC(C)(CO)Cc1cccc(Cl)c1Cl. The van der Waals surface area contributed by atoms with E-state index in [2.05, 4.69) is 6.58 Å². The predicted molar refractivity (Wildman–Crippen MR) is 65.6 cm³/mol. The van der Waals surface area contributed by atoms with Crippen LogP contribution >= 0.6 is 23.2 Å². The largest absolute Gasteiger partial charge is 0.395 e. The fraction of sp³-hybridized carbons (Fsp3) is 0.333. The predicted octanol–water partition coefficient (Wildman–Crippen LogP) is 3.72. The van der Waals surface area contributed by atoms with Gasteiger partial charge in [-0.15, -0.1) is 6.58 Å². The molecule has 15 heavy (non-hydrogen) atoms. The summed E-state index contributed by atoms with van der Waals surface area (Å²) in [5.74, 6) is 0. The molecule has 1 N–H and O–H groups in total. The molecule has 0 heterocycles. The Balaban J connectivity index is 2.98. The van der Waals surface area contributed by atoms with Crippen LogP contribution in [0, 0.1) is 5.41 Å². The van der Waals surface area contributed by atoms with E-state index in [1.807, 2.05) is 19.1 Å². The van der Waals surface area contributed by atoms with Gasteiger partial charge in [-0.25, -0.2) is 0 Å². The van der Waals surface area contributed by atoms with Gasteiger partial charge in [0.15, 0.2) is 0 Å². The van der Waals surface area contributed by atoms with Crippen molar-refractivity contribution in [3.8, 4) is 0 Å². The number of hydrogen-bond donors (Lipinski definition) is 1. The summed E-state index contributed by atoms with van der Waals surface area (Å²) in [4.78, 5) is 0. The zero-order chi connectivity index (χ0) is 11.5. The molecule has 3 heteroatoms. The zero-order valence-electron chi connectivity index (χ0n) is 8.63. The van der Waals surface area contributed by atoms with E-state index >= 15 is 0 Å². The van der Waals surface area contributed by atoms with Crippen LogP contribution < -0.4 is 0 Å². The van der Waals surface area contributed by atoms with Crippen LogP contribution in [-0.2, 0) is 6.42 Å². The molecular formula is C12H14Cl2O. The third-order valence-corrected chi connectivity index (χ3v) is 3.34. The lowest BCUT2D eigenvalue weighted by atomic mass is 9.85. The van der Waals surface area contributed by atoms with Crippen molar-refractivity contribution in [1.29, 1.82) is 0 Å². The average molecular weight is 245 g/mol. The van der Waals surface area contributed by atoms with Crippen LogP contribution in [0.2, 0.25) is 10.0 Å². The maximum atomic E-state index is 9.26. The van der Waals surface area contributed by atoms with E-state index in [0.29, 0.717) is 16.5 Å². The van der Waals surface area contributed by atoms with Crippen molar-refractivity contribution >= 4 is 23.2 Å². The van der Waals surface area contributed by atoms with Gasteiger partial charge in [0.25, 0.3) is 0 Å². The maximum absolute atomic E-state index is 9.26. The second-order valence-corrected chi connectivity index (χ2v) is 4.69. The summed E-state index contributed by atoms with van der Waals surface area (Å²) in [5, 5.41) is 10.4. The fourth-order valence-electron chi connectivity index (χ4n) is 1.31. The first-order valence-electron chi connectivity index (χ1n) is 4.70. The minimum Gasteiger partial charge on any atom is -0.395 e. The standard InChI is InChI=1S/C12H14Cl2O/c1-3-12(2,8-15)7-9-5-4-6-10(13)11(9)14/h3-6,15H,1,7-8H2,2H3. The molecule has 0 saturated heterocycles. The van der Waals surface area contributed by atoms with Gasteiger partial charge in [-0.1, -0.05) is 48.3 Å². The van der Waals surface area contributed by atoms with E-state index < -0.39 is 0 Å². The Morgan fingerprint density at radius 1 is 1.47 bits per heavy atom. The van der Waals surface area contributed by atoms with Gasteiger partial charge < -0.3 is 5.11 Å². The molecule has 0 radical (unpaired) electrons. The highest BCUT2D eigenvalue weighted by molar-refractivity contribution is 6.42. The van der Waals surface area contributed by atoms with Gasteiger partial charge in [0.1, 0.15) is 0 Å². The Morgan fingerprint density at radius 2 is 2.13 bits per heavy atom. The van der Waals surface area contributed by atoms with Gasteiger partial charge >= 0.3 is 0 Å². The van der Waals surface area contributed by atoms with Gasteiger partial charge in [-0.3, -0.25) is 0 Å². The smallest absolute Gasteiger partial charge is 0.0624 e. The lowest BCUT2D eigenvalue weighted by molar-refractivity contribution is 0.184. The second kappa shape index (κ2) is 5.02. The van der Waals surface area contributed by atoms with Crippen LogP contribution in [0.4, 0.5) is 0 Å². The normalized spacial score (nSPS) is 14.7. The van der Waals surface area contributed by atoms with Gasteiger partial charge in [-0.05, 0) is 18.1 Å². The number of aliphatic hydroxyl groups excluding tert-OH is 1. The first-order valence-corrected chi connectivity index (χ1v) is 5.45. The van der Waals surface area contributed by atoms with Gasteiger partial charge in [0.05, 0.1) is 16.7 Å². The highest BCUT2D eigenvalue weighted by Gasteiger charge is 2.21. The van der Waals surface area contributed by atoms with E-state index in [0.717, 1.165) is 5.56 Å². The fourth-order valence-corrected chi connectivity index (χ4v) is 1.70. The van der Waals surface area contributed by atoms with Gasteiger partial charge in [-0.2, -0.15) is 0 Å². The van der Waals surface area contributed by atoms with E-state index in [9.17, 15) is 5.11 Å². The molecule has 0 spiro atoms. The molecule has 0 fully saturated rings. The zero-order valence-corrected chi connectivity index (χ0v) is 10.1. The van der Waals surface area contributed by atoms with Crippen LogP contribution in [0.25, 0.3) is 0 Å². The molecule has 1 aromatic rings. The van der Waals surface area contributed by atoms with Crippen LogP contribution in [0.3, 0.4) is 0 Å². The van der Waals surface area contributed by atoms with Crippen molar-refractivity contribution < 1.29 is 5.11 Å². The van der Waals surface area contributed by atoms with Crippen LogP contribution in [0.5, 0.6) is 0 Å². The Bertz CT molecular complexity index is 363. The summed E-state index contributed by atoms with van der Waals surface area (Å²) in [6.45, 7) is 5.68. The van der Waals surface area contributed by atoms with Crippen molar-refractivity contribution in [3.05, 3.63) is 46.5 Å². The number of rotatable bonds is 4. The lowest BCUT2D eigenvalue weighted by Gasteiger charge is -2.23. The molecule has 0 aliphatic rings. The summed E-state index contributed by atoms with van der Waals surface area (Å²) in [7, 11) is 0. The Hall–Kier alpha value is -0.500. The van der Waals surface area contributed by atoms with Crippen LogP contribution in [0.15, 0.2) is 30.9 Å². The van der Waals surface area contributed by atoms with Gasteiger partial charge in [0, 0.05) is 5.41 Å². The van der Waals surface area contributed by atoms with Crippen molar-refractivity contribution in [3.63, 3.8) is 0 Å². The topological polar surface area (TPSA) is 20.2 Å². The third-order valence-electron chi connectivity index (χ3n) is 2.48. The first kappa shape index (κ1) is 12.6. The van der Waals surface area contributed by atoms with Crippen molar-refractivity contribution in [2.24, 2.45) is 5.41 Å². The molecule has 0 aromatic heterocycles. The molecule has 0 aliphatic heterocycles. The molecule has 0 saturated carbocycles. The first-order chi connectivity index (χ1) is 7.02. The number of hydrogen-bond acceptors (Lipinski definition) is 1. The molecule has 1 rings (SSSR count).